The van der Waals surface area contributed by atoms with Crippen LogP contribution in [0.1, 0.15) is 24.9 Å². The van der Waals surface area contributed by atoms with Gasteiger partial charge in [-0.1, -0.05) is 23.7 Å². The van der Waals surface area contributed by atoms with Crippen molar-refractivity contribution in [3.63, 3.8) is 0 Å². The van der Waals surface area contributed by atoms with E-state index < -0.39 is 17.9 Å². The van der Waals surface area contributed by atoms with E-state index in [9.17, 15) is 9.59 Å². The fraction of sp³-hybridized carbons (Fsp3) is 0.333. The first kappa shape index (κ1) is 14.5. The highest BCUT2D eigenvalue weighted by Gasteiger charge is 2.19. The van der Waals surface area contributed by atoms with Crippen molar-refractivity contribution in [2.75, 3.05) is 0 Å². The van der Waals surface area contributed by atoms with Crippen molar-refractivity contribution in [3.8, 4) is 0 Å². The third-order valence-corrected chi connectivity index (χ3v) is 2.71. The highest BCUT2D eigenvalue weighted by atomic mass is 35.5. The fourth-order valence-corrected chi connectivity index (χ4v) is 1.56. The van der Waals surface area contributed by atoms with Crippen molar-refractivity contribution in [1.82, 2.24) is 5.32 Å². The van der Waals surface area contributed by atoms with E-state index in [0.717, 1.165) is 5.56 Å². The summed E-state index contributed by atoms with van der Waals surface area (Å²) in [4.78, 5) is 22.0. The monoisotopic (exact) mass is 270 g/mol. The quantitative estimate of drug-likeness (QED) is 0.752. The Morgan fingerprint density at radius 2 is 1.94 bits per heavy atom. The average Bonchev–Trinajstić information content (AvgIpc) is 2.28. The number of carbonyl (C=O) groups is 2. The number of carbonyl (C=O) groups excluding carboxylic acids is 1. The number of rotatable bonds is 5. The van der Waals surface area contributed by atoms with Gasteiger partial charge in [0.25, 0.3) is 0 Å². The van der Waals surface area contributed by atoms with Crippen LogP contribution in [0.15, 0.2) is 24.3 Å². The van der Waals surface area contributed by atoms with Crippen LogP contribution in [-0.2, 0) is 9.59 Å². The van der Waals surface area contributed by atoms with E-state index in [1.807, 2.05) is 0 Å². The highest BCUT2D eigenvalue weighted by molar-refractivity contribution is 6.30. The minimum atomic E-state index is -1.10. The van der Waals surface area contributed by atoms with Gasteiger partial charge in [0.1, 0.15) is 0 Å². The molecule has 1 rings (SSSR count). The molecule has 1 aromatic carbocycles. The van der Waals surface area contributed by atoms with Crippen molar-refractivity contribution in [2.24, 2.45) is 5.73 Å². The number of benzene rings is 1. The second-order valence-corrected chi connectivity index (χ2v) is 4.42. The lowest BCUT2D eigenvalue weighted by atomic mass is 10.1. The Labute approximate surface area is 110 Å². The Kier molecular flexibility index (Phi) is 5.12. The molecule has 1 unspecified atom stereocenters. The number of nitrogens with two attached hydrogens (primary N) is 1. The summed E-state index contributed by atoms with van der Waals surface area (Å²) in [6.45, 7) is 1.79. The first-order valence-corrected chi connectivity index (χ1v) is 5.81. The Bertz CT molecular complexity index is 433. The van der Waals surface area contributed by atoms with Gasteiger partial charge < -0.3 is 16.2 Å². The summed E-state index contributed by atoms with van der Waals surface area (Å²) in [6, 6.07) is 5.71. The van der Waals surface area contributed by atoms with Gasteiger partial charge in [-0.3, -0.25) is 9.59 Å². The van der Waals surface area contributed by atoms with Crippen LogP contribution in [0, 0.1) is 0 Å². The van der Waals surface area contributed by atoms with Crippen LogP contribution in [0.4, 0.5) is 0 Å². The van der Waals surface area contributed by atoms with Crippen molar-refractivity contribution < 1.29 is 14.7 Å². The van der Waals surface area contributed by atoms with Gasteiger partial charge >= 0.3 is 5.97 Å². The van der Waals surface area contributed by atoms with Gasteiger partial charge in [0.2, 0.25) is 5.91 Å². The summed E-state index contributed by atoms with van der Waals surface area (Å²) >= 11 is 5.76. The van der Waals surface area contributed by atoms with Crippen LogP contribution in [0.25, 0.3) is 0 Å². The standard InChI is InChI=1S/C12H15ClN2O3/c1-7(8-2-4-9(13)5-3-8)15-12(18)10(14)6-11(16)17/h2-5,7,10H,6,14H2,1H3,(H,15,18)(H,16,17)/t7-,10?/m0/s1. The first-order valence-electron chi connectivity index (χ1n) is 5.43. The molecule has 0 aliphatic carbocycles. The number of amides is 1. The zero-order chi connectivity index (χ0) is 13.7. The summed E-state index contributed by atoms with van der Waals surface area (Å²) in [5.41, 5.74) is 6.33. The van der Waals surface area contributed by atoms with Gasteiger partial charge in [0.05, 0.1) is 18.5 Å². The number of hydrogen-bond donors (Lipinski definition) is 3. The summed E-state index contributed by atoms with van der Waals surface area (Å²) in [5, 5.41) is 11.8. The molecule has 1 aromatic rings. The smallest absolute Gasteiger partial charge is 0.305 e. The van der Waals surface area contributed by atoms with Gasteiger partial charge in [-0.2, -0.15) is 0 Å². The van der Waals surface area contributed by atoms with Crippen LogP contribution in [0.3, 0.4) is 0 Å². The maximum Gasteiger partial charge on any atom is 0.305 e. The minimum Gasteiger partial charge on any atom is -0.481 e. The van der Waals surface area contributed by atoms with E-state index in [2.05, 4.69) is 5.32 Å². The summed E-state index contributed by atoms with van der Waals surface area (Å²) in [5.74, 6) is -1.59. The van der Waals surface area contributed by atoms with Gasteiger partial charge in [0, 0.05) is 5.02 Å². The predicted molar refractivity (Wildman–Crippen MR) is 68.2 cm³/mol. The van der Waals surface area contributed by atoms with Crippen molar-refractivity contribution in [3.05, 3.63) is 34.9 Å². The Morgan fingerprint density at radius 1 is 1.39 bits per heavy atom. The molecule has 1 amide bonds. The molecule has 2 atom stereocenters. The second-order valence-electron chi connectivity index (χ2n) is 3.99. The molecule has 0 aliphatic rings. The topological polar surface area (TPSA) is 92.4 Å². The highest BCUT2D eigenvalue weighted by Crippen LogP contribution is 2.16. The van der Waals surface area contributed by atoms with Crippen LogP contribution < -0.4 is 11.1 Å². The average molecular weight is 271 g/mol. The molecule has 4 N–H and O–H groups in total. The fourth-order valence-electron chi connectivity index (χ4n) is 1.44. The van der Waals surface area contributed by atoms with E-state index in [0.29, 0.717) is 5.02 Å². The van der Waals surface area contributed by atoms with Gasteiger partial charge in [-0.15, -0.1) is 0 Å². The van der Waals surface area contributed by atoms with Crippen molar-refractivity contribution >= 4 is 23.5 Å². The van der Waals surface area contributed by atoms with Crippen LogP contribution >= 0.6 is 11.6 Å². The zero-order valence-electron chi connectivity index (χ0n) is 9.89. The molecule has 0 saturated carbocycles. The lowest BCUT2D eigenvalue weighted by molar-refractivity contribution is -0.139. The summed E-state index contributed by atoms with van der Waals surface area (Å²) in [7, 11) is 0. The van der Waals surface area contributed by atoms with Gasteiger partial charge in [-0.05, 0) is 24.6 Å². The maximum atomic E-state index is 11.6. The molecule has 0 saturated heterocycles. The minimum absolute atomic E-state index is 0.255. The second kappa shape index (κ2) is 6.37. The zero-order valence-corrected chi connectivity index (χ0v) is 10.6. The van der Waals surface area contributed by atoms with Crippen LogP contribution in [0.5, 0.6) is 0 Å². The molecule has 5 nitrogen and oxygen atoms in total. The number of nitrogens with one attached hydrogen (secondary N) is 1. The van der Waals surface area contributed by atoms with E-state index in [-0.39, 0.29) is 12.5 Å². The van der Waals surface area contributed by atoms with E-state index in [4.69, 9.17) is 22.4 Å². The molecule has 0 bridgehead atoms. The number of carboxylic acids is 1. The molecule has 0 heterocycles. The Balaban J connectivity index is 2.59. The Hall–Kier alpha value is -1.59. The van der Waals surface area contributed by atoms with Crippen LogP contribution in [0.2, 0.25) is 5.02 Å². The molecular formula is C12H15ClN2O3. The number of carboxylic acid groups (broad SMARTS) is 1. The maximum absolute atomic E-state index is 11.6. The normalized spacial score (nSPS) is 13.7. The predicted octanol–water partition coefficient (Wildman–Crippen LogP) is 1.32. The molecule has 6 heteroatoms. The number of hydrogen-bond acceptors (Lipinski definition) is 3. The molecule has 98 valence electrons. The van der Waals surface area contributed by atoms with Gasteiger partial charge in [-0.25, -0.2) is 0 Å². The number of aliphatic carboxylic acids is 1. The first-order chi connectivity index (χ1) is 8.40. The summed E-state index contributed by atoms with van der Waals surface area (Å²) in [6.07, 6.45) is -0.390. The molecule has 0 aromatic heterocycles. The third kappa shape index (κ3) is 4.35. The van der Waals surface area contributed by atoms with E-state index in [1.165, 1.54) is 0 Å². The molecule has 0 radical (unpaired) electrons. The molecule has 0 fully saturated rings. The number of halogens is 1. The lowest BCUT2D eigenvalue weighted by Crippen LogP contribution is -2.42. The summed E-state index contributed by atoms with van der Waals surface area (Å²) < 4.78 is 0. The van der Waals surface area contributed by atoms with E-state index in [1.54, 1.807) is 31.2 Å². The largest absolute Gasteiger partial charge is 0.481 e. The van der Waals surface area contributed by atoms with E-state index >= 15 is 0 Å². The molecule has 0 spiro atoms. The van der Waals surface area contributed by atoms with Crippen LogP contribution in [-0.4, -0.2) is 23.0 Å². The lowest BCUT2D eigenvalue weighted by Gasteiger charge is -2.17. The van der Waals surface area contributed by atoms with Crippen molar-refractivity contribution in [1.29, 1.82) is 0 Å². The SMILES string of the molecule is C[C@H](NC(=O)C(N)CC(=O)O)c1ccc(Cl)cc1. The molecule has 0 aliphatic heterocycles. The van der Waals surface area contributed by atoms with Gasteiger partial charge in [0.15, 0.2) is 0 Å². The Morgan fingerprint density at radius 3 is 2.44 bits per heavy atom. The van der Waals surface area contributed by atoms with Crippen molar-refractivity contribution in [2.45, 2.75) is 25.4 Å². The third-order valence-electron chi connectivity index (χ3n) is 2.46. The molecule has 18 heavy (non-hydrogen) atoms. The molecular weight excluding hydrogens is 256 g/mol.